The van der Waals surface area contributed by atoms with Gasteiger partial charge in [-0.2, -0.15) is 0 Å². The second-order valence-electron chi connectivity index (χ2n) is 6.89. The minimum atomic E-state index is -0.356. The second kappa shape index (κ2) is 5.66. The van der Waals surface area contributed by atoms with E-state index in [1.807, 2.05) is 56.3 Å². The van der Waals surface area contributed by atoms with E-state index < -0.39 is 0 Å². The molecule has 0 N–H and O–H groups in total. The lowest BCUT2D eigenvalue weighted by Gasteiger charge is -2.31. The normalized spacial score (nSPS) is 20.1. The molecule has 0 bridgehead atoms. The fourth-order valence-corrected chi connectivity index (χ4v) is 3.29. The molecule has 0 amide bonds. The Morgan fingerprint density at radius 3 is 2.60 bits per heavy atom. The first-order valence-electron chi connectivity index (χ1n) is 8.35. The fourth-order valence-electron chi connectivity index (χ4n) is 3.29. The maximum Gasteiger partial charge on any atom is 0.177 e. The fraction of sp³-hybridized carbons (Fsp3) is 0.286. The highest BCUT2D eigenvalue weighted by molar-refractivity contribution is 6.05. The Hall–Kier alpha value is -2.75. The van der Waals surface area contributed by atoms with E-state index in [9.17, 15) is 4.79 Å². The van der Waals surface area contributed by atoms with Crippen molar-refractivity contribution < 1.29 is 19.0 Å². The molecule has 1 atom stereocenters. The van der Waals surface area contributed by atoms with Gasteiger partial charge in [-0.15, -0.1) is 0 Å². The van der Waals surface area contributed by atoms with E-state index in [0.717, 1.165) is 22.6 Å². The van der Waals surface area contributed by atoms with E-state index in [0.29, 0.717) is 17.9 Å². The Morgan fingerprint density at radius 1 is 1.12 bits per heavy atom. The molecule has 4 heteroatoms. The monoisotopic (exact) mass is 336 g/mol. The van der Waals surface area contributed by atoms with Crippen molar-refractivity contribution in [3.8, 4) is 17.2 Å². The quantitative estimate of drug-likeness (QED) is 0.823. The van der Waals surface area contributed by atoms with Crippen LogP contribution in [0, 0.1) is 0 Å². The molecule has 0 saturated heterocycles. The third kappa shape index (κ3) is 2.68. The van der Waals surface area contributed by atoms with E-state index in [1.54, 1.807) is 13.2 Å². The first-order chi connectivity index (χ1) is 12.0. The van der Waals surface area contributed by atoms with Gasteiger partial charge < -0.3 is 14.2 Å². The SMILES string of the molecule is COc1ccc([C@@H]2COc3c(ccc4c3C=CC(C)(C)O4)C2=O)cc1. The number of hydrogen-bond acceptors (Lipinski definition) is 4. The van der Waals surface area contributed by atoms with Crippen molar-refractivity contribution in [3.05, 3.63) is 59.2 Å². The lowest BCUT2D eigenvalue weighted by atomic mass is 9.87. The van der Waals surface area contributed by atoms with Crippen LogP contribution in [-0.2, 0) is 0 Å². The van der Waals surface area contributed by atoms with Crippen molar-refractivity contribution in [3.63, 3.8) is 0 Å². The van der Waals surface area contributed by atoms with Crippen LogP contribution < -0.4 is 14.2 Å². The van der Waals surface area contributed by atoms with Gasteiger partial charge in [0.05, 0.1) is 24.2 Å². The molecule has 0 fully saturated rings. The predicted molar refractivity (Wildman–Crippen MR) is 95.7 cm³/mol. The smallest absolute Gasteiger partial charge is 0.177 e. The molecule has 0 spiro atoms. The lowest BCUT2D eigenvalue weighted by Crippen LogP contribution is -2.30. The third-order valence-corrected chi connectivity index (χ3v) is 4.67. The summed E-state index contributed by atoms with van der Waals surface area (Å²) in [7, 11) is 1.63. The number of rotatable bonds is 2. The summed E-state index contributed by atoms with van der Waals surface area (Å²) in [6.07, 6.45) is 3.97. The van der Waals surface area contributed by atoms with E-state index in [2.05, 4.69) is 0 Å². The van der Waals surface area contributed by atoms with Gasteiger partial charge in [0.2, 0.25) is 0 Å². The van der Waals surface area contributed by atoms with Crippen LogP contribution in [0.15, 0.2) is 42.5 Å². The van der Waals surface area contributed by atoms with Crippen LogP contribution in [0.2, 0.25) is 0 Å². The van der Waals surface area contributed by atoms with Crippen LogP contribution in [0.3, 0.4) is 0 Å². The van der Waals surface area contributed by atoms with Crippen molar-refractivity contribution in [2.75, 3.05) is 13.7 Å². The molecule has 2 aliphatic heterocycles. The standard InChI is InChI=1S/C21H20O4/c1-21(2)11-10-15-18(25-21)9-8-16-19(22)17(12-24-20(15)16)13-4-6-14(23-3)7-5-13/h4-11,17H,12H2,1-3H3/t17-/m0/s1. The molecule has 0 unspecified atom stereocenters. The topological polar surface area (TPSA) is 44.8 Å². The molecular weight excluding hydrogens is 316 g/mol. The molecule has 2 aliphatic rings. The van der Waals surface area contributed by atoms with Crippen LogP contribution >= 0.6 is 0 Å². The molecule has 25 heavy (non-hydrogen) atoms. The van der Waals surface area contributed by atoms with Gasteiger partial charge in [0, 0.05) is 0 Å². The van der Waals surface area contributed by atoms with Crippen molar-refractivity contribution in [2.24, 2.45) is 0 Å². The largest absolute Gasteiger partial charge is 0.497 e. The highest BCUT2D eigenvalue weighted by Crippen LogP contribution is 2.43. The van der Waals surface area contributed by atoms with Crippen molar-refractivity contribution in [1.29, 1.82) is 0 Å². The minimum absolute atomic E-state index is 0.0763. The van der Waals surface area contributed by atoms with Crippen LogP contribution in [0.5, 0.6) is 17.2 Å². The number of methoxy groups -OCH3 is 1. The molecule has 128 valence electrons. The molecule has 2 aromatic rings. The highest BCUT2D eigenvalue weighted by Gasteiger charge is 2.34. The van der Waals surface area contributed by atoms with Crippen LogP contribution in [0.25, 0.3) is 6.08 Å². The number of ether oxygens (including phenoxy) is 3. The number of benzene rings is 2. The van der Waals surface area contributed by atoms with Crippen LogP contribution in [0.4, 0.5) is 0 Å². The van der Waals surface area contributed by atoms with Gasteiger partial charge in [0.25, 0.3) is 0 Å². The number of fused-ring (bicyclic) bond motifs is 3. The summed E-state index contributed by atoms with van der Waals surface area (Å²) in [6.45, 7) is 4.32. The zero-order valence-corrected chi connectivity index (χ0v) is 14.5. The maximum atomic E-state index is 13.0. The number of carbonyl (C=O) groups is 1. The Morgan fingerprint density at radius 2 is 1.88 bits per heavy atom. The number of carbonyl (C=O) groups excluding carboxylic acids is 1. The molecule has 0 radical (unpaired) electrons. The Labute approximate surface area is 147 Å². The summed E-state index contributed by atoms with van der Waals surface area (Å²) in [5.41, 5.74) is 2.03. The summed E-state index contributed by atoms with van der Waals surface area (Å²) < 4.78 is 17.1. The number of Topliss-reactive ketones (excluding diaryl/α,β-unsaturated/α-hetero) is 1. The van der Waals surface area contributed by atoms with E-state index in [1.165, 1.54) is 0 Å². The summed E-state index contributed by atoms with van der Waals surface area (Å²) in [5, 5.41) is 0. The summed E-state index contributed by atoms with van der Waals surface area (Å²) >= 11 is 0. The predicted octanol–water partition coefficient (Wildman–Crippen LogP) is 4.24. The van der Waals surface area contributed by atoms with Gasteiger partial charge in [-0.1, -0.05) is 12.1 Å². The molecular formula is C21H20O4. The average molecular weight is 336 g/mol. The first kappa shape index (κ1) is 15.8. The Bertz CT molecular complexity index is 862. The van der Waals surface area contributed by atoms with Crippen LogP contribution in [-0.4, -0.2) is 25.1 Å². The zero-order chi connectivity index (χ0) is 17.6. The van der Waals surface area contributed by atoms with Gasteiger partial charge in [-0.25, -0.2) is 0 Å². The van der Waals surface area contributed by atoms with E-state index >= 15 is 0 Å². The maximum absolute atomic E-state index is 13.0. The van der Waals surface area contributed by atoms with E-state index in [-0.39, 0.29) is 17.3 Å². The summed E-state index contributed by atoms with van der Waals surface area (Å²) in [4.78, 5) is 13.0. The Kier molecular flexibility index (Phi) is 3.57. The average Bonchev–Trinajstić information content (AvgIpc) is 2.61. The van der Waals surface area contributed by atoms with Gasteiger partial charge in [0.15, 0.2) is 5.78 Å². The Balaban J connectivity index is 1.70. The second-order valence-corrected chi connectivity index (χ2v) is 6.89. The van der Waals surface area contributed by atoms with Gasteiger partial charge in [0.1, 0.15) is 29.5 Å². The molecule has 2 heterocycles. The van der Waals surface area contributed by atoms with Crippen LogP contribution in [0.1, 0.15) is 41.3 Å². The van der Waals surface area contributed by atoms with Crippen molar-refractivity contribution in [1.82, 2.24) is 0 Å². The molecule has 2 aromatic carbocycles. The number of ketones is 1. The van der Waals surface area contributed by atoms with E-state index in [4.69, 9.17) is 14.2 Å². The zero-order valence-electron chi connectivity index (χ0n) is 14.5. The summed E-state index contributed by atoms with van der Waals surface area (Å²) in [6, 6.07) is 11.2. The summed E-state index contributed by atoms with van der Waals surface area (Å²) in [5.74, 6) is 1.92. The van der Waals surface area contributed by atoms with Gasteiger partial charge in [-0.3, -0.25) is 4.79 Å². The minimum Gasteiger partial charge on any atom is -0.497 e. The lowest BCUT2D eigenvalue weighted by molar-refractivity contribution is 0.0894. The van der Waals surface area contributed by atoms with Crippen molar-refractivity contribution in [2.45, 2.75) is 25.4 Å². The molecule has 0 aromatic heterocycles. The first-order valence-corrected chi connectivity index (χ1v) is 8.35. The van der Waals surface area contributed by atoms with Crippen molar-refractivity contribution >= 4 is 11.9 Å². The highest BCUT2D eigenvalue weighted by atomic mass is 16.5. The molecule has 0 saturated carbocycles. The third-order valence-electron chi connectivity index (χ3n) is 4.67. The van der Waals surface area contributed by atoms with Gasteiger partial charge in [-0.05, 0) is 55.8 Å². The number of hydrogen-bond donors (Lipinski definition) is 0. The van der Waals surface area contributed by atoms with Gasteiger partial charge >= 0.3 is 0 Å². The molecule has 4 nitrogen and oxygen atoms in total. The molecule has 0 aliphatic carbocycles. The molecule has 4 rings (SSSR count).